The van der Waals surface area contributed by atoms with Gasteiger partial charge in [0.05, 0.1) is 46.1 Å². The number of carbonyl (C=O) groups excluding carboxylic acids is 2. The second kappa shape index (κ2) is 8.46. The van der Waals surface area contributed by atoms with E-state index in [9.17, 15) is 18.4 Å². The molecule has 32 heavy (non-hydrogen) atoms. The third-order valence-corrected chi connectivity index (χ3v) is 5.68. The molecule has 10 heteroatoms. The molecule has 0 radical (unpaired) electrons. The van der Waals surface area contributed by atoms with Gasteiger partial charge in [0, 0.05) is 12.1 Å². The molecule has 164 valence electrons. The summed E-state index contributed by atoms with van der Waals surface area (Å²) in [5.74, 6) is -3.75. The zero-order chi connectivity index (χ0) is 23.0. The predicted octanol–water partition coefficient (Wildman–Crippen LogP) is 5.06. The molecule has 0 bridgehead atoms. The number of anilines is 1. The fraction of sp³-hybridized carbons (Fsp3) is 0.182. The van der Waals surface area contributed by atoms with Crippen LogP contribution in [-0.4, -0.2) is 33.8 Å². The van der Waals surface area contributed by atoms with Crippen molar-refractivity contribution >= 4 is 39.9 Å². The minimum Gasteiger partial charge on any atom is -0.465 e. The summed E-state index contributed by atoms with van der Waals surface area (Å²) < 4.78 is 34.5. The number of thiophene rings is 1. The number of aromatic nitrogens is 3. The average molecular weight is 456 g/mol. The maximum absolute atomic E-state index is 14.4. The largest absolute Gasteiger partial charge is 0.465 e. The summed E-state index contributed by atoms with van der Waals surface area (Å²) in [6, 6.07) is 6.76. The minimum atomic E-state index is -1.09. The molecular weight excluding hydrogens is 438 g/mol. The SMILES string of the molecule is COC(=O)c1cc(NC(=O)c2cc(-c3cccs3)nc3c2cnn3C(C)C)c(F)cc1F. The summed E-state index contributed by atoms with van der Waals surface area (Å²) in [7, 11) is 1.08. The molecule has 0 atom stereocenters. The van der Waals surface area contributed by atoms with Gasteiger partial charge < -0.3 is 10.1 Å². The van der Waals surface area contributed by atoms with Gasteiger partial charge in [-0.2, -0.15) is 5.10 Å². The van der Waals surface area contributed by atoms with Crippen LogP contribution in [0.1, 0.15) is 40.6 Å². The Hall–Kier alpha value is -3.66. The van der Waals surface area contributed by atoms with Crippen LogP contribution in [0.5, 0.6) is 0 Å². The second-order valence-corrected chi connectivity index (χ2v) is 8.16. The Labute approximate surface area is 185 Å². The van der Waals surface area contributed by atoms with Crippen molar-refractivity contribution in [3.05, 3.63) is 64.7 Å². The Morgan fingerprint density at radius 2 is 1.94 bits per heavy atom. The maximum Gasteiger partial charge on any atom is 0.340 e. The highest BCUT2D eigenvalue weighted by Gasteiger charge is 2.22. The van der Waals surface area contributed by atoms with Gasteiger partial charge in [0.2, 0.25) is 0 Å². The molecule has 3 heterocycles. The lowest BCUT2D eigenvalue weighted by molar-refractivity contribution is 0.0595. The Morgan fingerprint density at radius 1 is 1.16 bits per heavy atom. The molecule has 0 aliphatic carbocycles. The molecule has 0 aliphatic rings. The molecule has 0 saturated heterocycles. The van der Waals surface area contributed by atoms with E-state index in [1.165, 1.54) is 17.5 Å². The number of methoxy groups -OCH3 is 1. The van der Waals surface area contributed by atoms with Crippen molar-refractivity contribution in [3.63, 3.8) is 0 Å². The normalized spacial score (nSPS) is 11.2. The molecule has 1 aromatic carbocycles. The summed E-state index contributed by atoms with van der Waals surface area (Å²) >= 11 is 1.46. The van der Waals surface area contributed by atoms with E-state index in [0.29, 0.717) is 22.8 Å². The minimum absolute atomic E-state index is 0.00773. The van der Waals surface area contributed by atoms with Crippen LogP contribution in [0.3, 0.4) is 0 Å². The van der Waals surface area contributed by atoms with Crippen molar-refractivity contribution in [2.24, 2.45) is 0 Å². The number of benzene rings is 1. The first-order valence-electron chi connectivity index (χ1n) is 9.61. The van der Waals surface area contributed by atoms with Crippen LogP contribution in [0.2, 0.25) is 0 Å². The lowest BCUT2D eigenvalue weighted by Gasteiger charge is -2.12. The van der Waals surface area contributed by atoms with Crippen molar-refractivity contribution in [3.8, 4) is 10.6 Å². The average Bonchev–Trinajstić information content (AvgIpc) is 3.44. The molecular formula is C22H18F2N4O3S. The Balaban J connectivity index is 1.81. The van der Waals surface area contributed by atoms with E-state index in [2.05, 4.69) is 20.1 Å². The van der Waals surface area contributed by atoms with Crippen LogP contribution >= 0.6 is 11.3 Å². The van der Waals surface area contributed by atoms with Gasteiger partial charge in [-0.3, -0.25) is 4.79 Å². The second-order valence-electron chi connectivity index (χ2n) is 7.21. The number of nitrogens with one attached hydrogen (secondary N) is 1. The van der Waals surface area contributed by atoms with Crippen LogP contribution in [-0.2, 0) is 4.74 Å². The van der Waals surface area contributed by atoms with E-state index in [0.717, 1.165) is 18.1 Å². The molecule has 0 aliphatic heterocycles. The van der Waals surface area contributed by atoms with Crippen LogP contribution in [0.15, 0.2) is 41.9 Å². The number of nitrogens with zero attached hydrogens (tertiary/aromatic N) is 3. The van der Waals surface area contributed by atoms with E-state index < -0.39 is 29.1 Å². The quantitative estimate of drug-likeness (QED) is 0.425. The summed E-state index contributed by atoms with van der Waals surface area (Å²) in [4.78, 5) is 30.4. The van der Waals surface area contributed by atoms with Gasteiger partial charge in [-0.1, -0.05) is 6.07 Å². The van der Waals surface area contributed by atoms with Gasteiger partial charge in [0.15, 0.2) is 5.65 Å². The fourth-order valence-electron chi connectivity index (χ4n) is 3.24. The third kappa shape index (κ3) is 3.84. The fourth-order valence-corrected chi connectivity index (χ4v) is 3.92. The monoisotopic (exact) mass is 456 g/mol. The number of fused-ring (bicyclic) bond motifs is 1. The molecule has 7 nitrogen and oxygen atoms in total. The maximum atomic E-state index is 14.4. The molecule has 4 aromatic rings. The lowest BCUT2D eigenvalue weighted by atomic mass is 10.1. The van der Waals surface area contributed by atoms with E-state index >= 15 is 0 Å². The van der Waals surface area contributed by atoms with Crippen LogP contribution in [0, 0.1) is 11.6 Å². The highest BCUT2D eigenvalue weighted by atomic mass is 32.1. The summed E-state index contributed by atoms with van der Waals surface area (Å²) in [6.07, 6.45) is 1.52. The van der Waals surface area contributed by atoms with Gasteiger partial charge in [0.25, 0.3) is 5.91 Å². The first kappa shape index (κ1) is 21.6. The summed E-state index contributed by atoms with van der Waals surface area (Å²) in [6.45, 7) is 3.88. The van der Waals surface area contributed by atoms with E-state index in [-0.39, 0.29) is 17.3 Å². The molecule has 1 N–H and O–H groups in total. The van der Waals surface area contributed by atoms with Crippen LogP contribution in [0.25, 0.3) is 21.6 Å². The highest BCUT2D eigenvalue weighted by Crippen LogP contribution is 2.30. The van der Waals surface area contributed by atoms with E-state index in [1.54, 1.807) is 10.7 Å². The van der Waals surface area contributed by atoms with Gasteiger partial charge in [0.1, 0.15) is 11.6 Å². The van der Waals surface area contributed by atoms with Crippen LogP contribution in [0.4, 0.5) is 14.5 Å². The van der Waals surface area contributed by atoms with Gasteiger partial charge in [-0.15, -0.1) is 11.3 Å². The lowest BCUT2D eigenvalue weighted by Crippen LogP contribution is -2.16. The first-order chi connectivity index (χ1) is 15.3. The van der Waals surface area contributed by atoms with E-state index in [1.807, 2.05) is 31.4 Å². The number of pyridine rings is 1. The molecule has 4 rings (SSSR count). The summed E-state index contributed by atoms with van der Waals surface area (Å²) in [5, 5.41) is 9.13. The molecule has 0 unspecified atom stereocenters. The highest BCUT2D eigenvalue weighted by molar-refractivity contribution is 7.13. The Bertz CT molecular complexity index is 1330. The molecule has 3 aromatic heterocycles. The molecule has 0 spiro atoms. The number of esters is 1. The van der Waals surface area contributed by atoms with Crippen molar-refractivity contribution in [1.29, 1.82) is 0 Å². The molecule has 1 amide bonds. The van der Waals surface area contributed by atoms with Crippen molar-refractivity contribution in [2.75, 3.05) is 12.4 Å². The van der Waals surface area contributed by atoms with Crippen molar-refractivity contribution in [2.45, 2.75) is 19.9 Å². The van der Waals surface area contributed by atoms with Crippen LogP contribution < -0.4 is 5.32 Å². The standard InChI is InChI=1S/C22H18F2N4O3S/c1-11(2)28-20-14(10-25-28)12(7-18(26-20)19-5-4-6-32-19)21(29)27-17-8-13(22(30)31-3)15(23)9-16(17)24/h4-11H,1-3H3,(H,27,29). The zero-order valence-corrected chi connectivity index (χ0v) is 18.2. The zero-order valence-electron chi connectivity index (χ0n) is 17.3. The van der Waals surface area contributed by atoms with Gasteiger partial charge >= 0.3 is 5.97 Å². The smallest absolute Gasteiger partial charge is 0.340 e. The third-order valence-electron chi connectivity index (χ3n) is 4.78. The first-order valence-corrected chi connectivity index (χ1v) is 10.5. The van der Waals surface area contributed by atoms with Crippen molar-refractivity contribution in [1.82, 2.24) is 14.8 Å². The Morgan fingerprint density at radius 3 is 2.59 bits per heavy atom. The van der Waals surface area contributed by atoms with Gasteiger partial charge in [-0.25, -0.2) is 23.2 Å². The number of carbonyl (C=O) groups is 2. The predicted molar refractivity (Wildman–Crippen MR) is 117 cm³/mol. The number of halogens is 2. The number of hydrogen-bond acceptors (Lipinski definition) is 6. The molecule has 0 saturated carbocycles. The number of ether oxygens (including phenoxy) is 1. The van der Waals surface area contributed by atoms with Crippen molar-refractivity contribution < 1.29 is 23.1 Å². The Kier molecular flexibility index (Phi) is 5.70. The number of rotatable bonds is 5. The number of amides is 1. The van der Waals surface area contributed by atoms with E-state index in [4.69, 9.17) is 0 Å². The van der Waals surface area contributed by atoms with Gasteiger partial charge in [-0.05, 0) is 37.4 Å². The summed E-state index contributed by atoms with van der Waals surface area (Å²) in [5.41, 5.74) is 0.445. The molecule has 0 fully saturated rings. The number of hydrogen-bond donors (Lipinski definition) is 1. The topological polar surface area (TPSA) is 86.1 Å².